The van der Waals surface area contributed by atoms with E-state index in [1.165, 1.54) is 0 Å². The SMILES string of the molecule is COc1ccc(NC(=O)C2CCCN(c3ccc(-c4ccccc4)nn3)C2)cc1OC. The van der Waals surface area contributed by atoms with Crippen LogP contribution in [0.1, 0.15) is 12.8 Å². The van der Waals surface area contributed by atoms with Crippen molar-refractivity contribution >= 4 is 17.4 Å². The Morgan fingerprint density at radius 1 is 1.00 bits per heavy atom. The van der Waals surface area contributed by atoms with Crippen molar-refractivity contribution in [3.8, 4) is 22.8 Å². The third kappa shape index (κ3) is 4.77. The van der Waals surface area contributed by atoms with Crippen LogP contribution in [0.5, 0.6) is 11.5 Å². The third-order valence-corrected chi connectivity index (χ3v) is 5.49. The van der Waals surface area contributed by atoms with Crippen LogP contribution in [0.15, 0.2) is 60.7 Å². The summed E-state index contributed by atoms with van der Waals surface area (Å²) < 4.78 is 10.6. The number of piperidine rings is 1. The smallest absolute Gasteiger partial charge is 0.229 e. The zero-order valence-corrected chi connectivity index (χ0v) is 17.7. The fourth-order valence-electron chi connectivity index (χ4n) is 3.81. The van der Waals surface area contributed by atoms with Gasteiger partial charge in [-0.2, -0.15) is 0 Å². The zero-order valence-electron chi connectivity index (χ0n) is 17.7. The molecule has 4 rings (SSSR count). The van der Waals surface area contributed by atoms with Crippen LogP contribution in [0.3, 0.4) is 0 Å². The summed E-state index contributed by atoms with van der Waals surface area (Å²) >= 11 is 0. The molecule has 1 saturated heterocycles. The van der Waals surface area contributed by atoms with Gasteiger partial charge in [-0.1, -0.05) is 30.3 Å². The maximum Gasteiger partial charge on any atom is 0.229 e. The molecule has 1 fully saturated rings. The summed E-state index contributed by atoms with van der Waals surface area (Å²) in [6.07, 6.45) is 1.76. The lowest BCUT2D eigenvalue weighted by molar-refractivity contribution is -0.120. The van der Waals surface area contributed by atoms with Gasteiger partial charge in [-0.25, -0.2) is 0 Å². The average molecular weight is 418 g/mol. The molecular weight excluding hydrogens is 392 g/mol. The minimum Gasteiger partial charge on any atom is -0.493 e. The maximum absolute atomic E-state index is 12.9. The summed E-state index contributed by atoms with van der Waals surface area (Å²) in [5.74, 6) is 1.87. The maximum atomic E-state index is 12.9. The van der Waals surface area contributed by atoms with Gasteiger partial charge in [0, 0.05) is 30.4 Å². The second kappa shape index (κ2) is 9.47. The number of nitrogens with zero attached hydrogens (tertiary/aromatic N) is 3. The Morgan fingerprint density at radius 2 is 1.81 bits per heavy atom. The van der Waals surface area contributed by atoms with Crippen LogP contribution in [0.4, 0.5) is 11.5 Å². The van der Waals surface area contributed by atoms with Crippen LogP contribution in [-0.4, -0.2) is 43.4 Å². The van der Waals surface area contributed by atoms with E-state index in [1.54, 1.807) is 26.4 Å². The number of nitrogens with one attached hydrogen (secondary N) is 1. The lowest BCUT2D eigenvalue weighted by Crippen LogP contribution is -2.41. The van der Waals surface area contributed by atoms with E-state index < -0.39 is 0 Å². The summed E-state index contributed by atoms with van der Waals surface area (Å²) in [5.41, 5.74) is 2.56. The molecule has 0 saturated carbocycles. The number of anilines is 2. The summed E-state index contributed by atoms with van der Waals surface area (Å²) in [7, 11) is 3.16. The first-order valence-corrected chi connectivity index (χ1v) is 10.3. The molecule has 1 atom stereocenters. The lowest BCUT2D eigenvalue weighted by Gasteiger charge is -2.32. The van der Waals surface area contributed by atoms with Gasteiger partial charge >= 0.3 is 0 Å². The van der Waals surface area contributed by atoms with E-state index in [4.69, 9.17) is 9.47 Å². The Bertz CT molecular complexity index is 1020. The van der Waals surface area contributed by atoms with Crippen molar-refractivity contribution in [2.75, 3.05) is 37.5 Å². The number of hydrogen-bond acceptors (Lipinski definition) is 6. The van der Waals surface area contributed by atoms with E-state index >= 15 is 0 Å². The van der Waals surface area contributed by atoms with E-state index in [0.29, 0.717) is 23.7 Å². The van der Waals surface area contributed by atoms with E-state index in [-0.39, 0.29) is 11.8 Å². The zero-order chi connectivity index (χ0) is 21.6. The van der Waals surface area contributed by atoms with E-state index in [0.717, 1.165) is 36.5 Å². The van der Waals surface area contributed by atoms with Gasteiger partial charge in [0.25, 0.3) is 0 Å². The molecule has 1 N–H and O–H groups in total. The molecule has 2 aromatic carbocycles. The number of carbonyl (C=O) groups excluding carboxylic acids is 1. The molecule has 2 heterocycles. The molecule has 3 aromatic rings. The number of hydrogen-bond donors (Lipinski definition) is 1. The Morgan fingerprint density at radius 3 is 2.52 bits per heavy atom. The molecule has 1 aromatic heterocycles. The number of benzene rings is 2. The Balaban J connectivity index is 1.42. The summed E-state index contributed by atoms with van der Waals surface area (Å²) in [6, 6.07) is 19.3. The van der Waals surface area contributed by atoms with Gasteiger partial charge < -0.3 is 19.7 Å². The van der Waals surface area contributed by atoms with Crippen LogP contribution in [0.2, 0.25) is 0 Å². The van der Waals surface area contributed by atoms with Crippen LogP contribution < -0.4 is 19.7 Å². The second-order valence-corrected chi connectivity index (χ2v) is 7.49. The van der Waals surface area contributed by atoms with Gasteiger partial charge in [0.1, 0.15) is 0 Å². The molecule has 7 nitrogen and oxygen atoms in total. The van der Waals surface area contributed by atoms with Gasteiger partial charge in [-0.15, -0.1) is 10.2 Å². The van der Waals surface area contributed by atoms with Crippen LogP contribution in [0, 0.1) is 5.92 Å². The van der Waals surface area contributed by atoms with Gasteiger partial charge in [0.05, 0.1) is 25.8 Å². The normalized spacial score (nSPS) is 15.9. The Kier molecular flexibility index (Phi) is 6.31. The number of amides is 1. The molecule has 0 bridgehead atoms. The van der Waals surface area contributed by atoms with Crippen molar-refractivity contribution in [1.29, 1.82) is 0 Å². The first-order chi connectivity index (χ1) is 15.2. The van der Waals surface area contributed by atoms with Gasteiger partial charge in [0.15, 0.2) is 17.3 Å². The van der Waals surface area contributed by atoms with E-state index in [2.05, 4.69) is 20.4 Å². The van der Waals surface area contributed by atoms with E-state index in [9.17, 15) is 4.79 Å². The fraction of sp³-hybridized carbons (Fsp3) is 0.292. The predicted octanol–water partition coefficient (Wildman–Crippen LogP) is 4.02. The highest BCUT2D eigenvalue weighted by Crippen LogP contribution is 2.30. The predicted molar refractivity (Wildman–Crippen MR) is 121 cm³/mol. The highest BCUT2D eigenvalue weighted by atomic mass is 16.5. The molecule has 31 heavy (non-hydrogen) atoms. The number of carbonyl (C=O) groups is 1. The van der Waals surface area contributed by atoms with Crippen molar-refractivity contribution in [2.24, 2.45) is 5.92 Å². The van der Waals surface area contributed by atoms with Crippen molar-refractivity contribution in [3.63, 3.8) is 0 Å². The topological polar surface area (TPSA) is 76.6 Å². The highest BCUT2D eigenvalue weighted by Gasteiger charge is 2.27. The molecule has 1 aliphatic rings. The fourth-order valence-corrected chi connectivity index (χ4v) is 3.81. The molecular formula is C24H26N4O3. The highest BCUT2D eigenvalue weighted by molar-refractivity contribution is 5.93. The Hall–Kier alpha value is -3.61. The molecule has 0 aliphatic carbocycles. The number of ether oxygens (including phenoxy) is 2. The largest absolute Gasteiger partial charge is 0.493 e. The van der Waals surface area contributed by atoms with Crippen LogP contribution >= 0.6 is 0 Å². The standard InChI is InChI=1S/C24H26N4O3/c1-30-21-12-10-19(15-22(21)31-2)25-24(29)18-9-6-14-28(16-18)23-13-11-20(26-27-23)17-7-4-3-5-8-17/h3-5,7-8,10-13,15,18H,6,9,14,16H2,1-2H3,(H,25,29). The Labute approximate surface area is 182 Å². The van der Waals surface area contributed by atoms with Gasteiger partial charge in [0.2, 0.25) is 5.91 Å². The first kappa shape index (κ1) is 20.7. The summed E-state index contributed by atoms with van der Waals surface area (Å²) in [6.45, 7) is 1.47. The molecule has 0 radical (unpaired) electrons. The molecule has 0 spiro atoms. The minimum absolute atomic E-state index is 0.00853. The van der Waals surface area contributed by atoms with Crippen LogP contribution in [-0.2, 0) is 4.79 Å². The van der Waals surface area contributed by atoms with Gasteiger partial charge in [-0.05, 0) is 37.1 Å². The summed E-state index contributed by atoms with van der Waals surface area (Å²) in [4.78, 5) is 15.0. The van der Waals surface area contributed by atoms with Crippen molar-refractivity contribution < 1.29 is 14.3 Å². The van der Waals surface area contributed by atoms with Gasteiger partial charge in [-0.3, -0.25) is 4.79 Å². The van der Waals surface area contributed by atoms with Crippen molar-refractivity contribution in [3.05, 3.63) is 60.7 Å². The number of aromatic nitrogens is 2. The first-order valence-electron chi connectivity index (χ1n) is 10.3. The quantitative estimate of drug-likeness (QED) is 0.652. The van der Waals surface area contributed by atoms with E-state index in [1.807, 2.05) is 48.5 Å². The number of methoxy groups -OCH3 is 2. The van der Waals surface area contributed by atoms with Crippen molar-refractivity contribution in [1.82, 2.24) is 10.2 Å². The number of rotatable bonds is 6. The van der Waals surface area contributed by atoms with Crippen molar-refractivity contribution in [2.45, 2.75) is 12.8 Å². The minimum atomic E-state index is -0.127. The monoisotopic (exact) mass is 418 g/mol. The molecule has 1 aliphatic heterocycles. The molecule has 7 heteroatoms. The lowest BCUT2D eigenvalue weighted by atomic mass is 9.97. The second-order valence-electron chi connectivity index (χ2n) is 7.49. The third-order valence-electron chi connectivity index (χ3n) is 5.49. The molecule has 160 valence electrons. The summed E-state index contributed by atoms with van der Waals surface area (Å²) in [5, 5.41) is 11.8. The molecule has 1 amide bonds. The van der Waals surface area contributed by atoms with Crippen LogP contribution in [0.25, 0.3) is 11.3 Å². The molecule has 1 unspecified atom stereocenters. The average Bonchev–Trinajstić information content (AvgIpc) is 2.84.